The van der Waals surface area contributed by atoms with Crippen LogP contribution in [-0.4, -0.2) is 17.9 Å². The minimum Gasteiger partial charge on any atom is -0.310 e. The lowest BCUT2D eigenvalue weighted by atomic mass is 10.0. The summed E-state index contributed by atoms with van der Waals surface area (Å²) >= 11 is 0. The number of alkyl halides is 3. The predicted octanol–water partition coefficient (Wildman–Crippen LogP) is 3.92. The number of hydrogen-bond donors (Lipinski definition) is 0. The highest BCUT2D eigenvalue weighted by Gasteiger charge is 2.29. The van der Waals surface area contributed by atoms with E-state index in [0.29, 0.717) is 16.8 Å². The van der Waals surface area contributed by atoms with Crippen LogP contribution in [0.3, 0.4) is 0 Å². The number of hydrogen-bond acceptors (Lipinski definition) is 2. The number of anilines is 1. The zero-order valence-corrected chi connectivity index (χ0v) is 11.8. The number of pyridine rings is 1. The zero-order valence-electron chi connectivity index (χ0n) is 11.8. The van der Waals surface area contributed by atoms with Gasteiger partial charge in [0.25, 0.3) is 0 Å². The van der Waals surface area contributed by atoms with Gasteiger partial charge in [-0.05, 0) is 29.8 Å². The Bertz CT molecular complexity index is 693. The Morgan fingerprint density at radius 1 is 1.18 bits per heavy atom. The van der Waals surface area contributed by atoms with Crippen molar-refractivity contribution in [2.45, 2.75) is 6.18 Å². The first-order chi connectivity index (χ1) is 10.3. The standard InChI is InChI=1S/C16H13F3N2O/c1-3-15(22)21(2)14-8-12(9-20-10-14)11-4-6-13(7-5-11)16(17,18)19/h3-10H,1H2,2H3. The highest BCUT2D eigenvalue weighted by Crippen LogP contribution is 2.31. The second-order valence-electron chi connectivity index (χ2n) is 4.61. The molecule has 22 heavy (non-hydrogen) atoms. The van der Waals surface area contributed by atoms with Gasteiger partial charge in [0.1, 0.15) is 0 Å². The third kappa shape index (κ3) is 3.33. The van der Waals surface area contributed by atoms with Gasteiger partial charge in [0, 0.05) is 18.8 Å². The molecule has 1 amide bonds. The quantitative estimate of drug-likeness (QED) is 0.805. The summed E-state index contributed by atoms with van der Waals surface area (Å²) in [5.74, 6) is -0.300. The van der Waals surface area contributed by atoms with Crippen molar-refractivity contribution in [2.24, 2.45) is 0 Å². The van der Waals surface area contributed by atoms with Gasteiger partial charge in [0.15, 0.2) is 0 Å². The predicted molar refractivity (Wildman–Crippen MR) is 78.3 cm³/mol. The third-order valence-electron chi connectivity index (χ3n) is 3.16. The van der Waals surface area contributed by atoms with E-state index < -0.39 is 11.7 Å². The van der Waals surface area contributed by atoms with E-state index in [1.807, 2.05) is 0 Å². The van der Waals surface area contributed by atoms with Gasteiger partial charge in [-0.15, -0.1) is 0 Å². The summed E-state index contributed by atoms with van der Waals surface area (Å²) in [4.78, 5) is 16.9. The van der Waals surface area contributed by atoms with E-state index in [-0.39, 0.29) is 5.91 Å². The fourth-order valence-corrected chi connectivity index (χ4v) is 1.88. The van der Waals surface area contributed by atoms with Crippen LogP contribution in [0.4, 0.5) is 18.9 Å². The lowest BCUT2D eigenvalue weighted by molar-refractivity contribution is -0.137. The molecule has 6 heteroatoms. The van der Waals surface area contributed by atoms with Crippen molar-refractivity contribution >= 4 is 11.6 Å². The average molecular weight is 306 g/mol. The molecular formula is C16H13F3N2O. The van der Waals surface area contributed by atoms with Crippen LogP contribution in [0, 0.1) is 0 Å². The number of halogens is 3. The molecule has 0 atom stereocenters. The average Bonchev–Trinajstić information content (AvgIpc) is 2.53. The normalized spacial score (nSPS) is 11.1. The Labute approximate surface area is 125 Å². The molecular weight excluding hydrogens is 293 g/mol. The number of aromatic nitrogens is 1. The molecule has 1 aromatic carbocycles. The fourth-order valence-electron chi connectivity index (χ4n) is 1.88. The summed E-state index contributed by atoms with van der Waals surface area (Å²) in [5, 5.41) is 0. The molecule has 1 heterocycles. The van der Waals surface area contributed by atoms with Crippen LogP contribution in [0.2, 0.25) is 0 Å². The number of carbonyl (C=O) groups excluding carboxylic acids is 1. The van der Waals surface area contributed by atoms with Crippen LogP contribution in [-0.2, 0) is 11.0 Å². The van der Waals surface area contributed by atoms with Gasteiger partial charge in [0.05, 0.1) is 17.4 Å². The van der Waals surface area contributed by atoms with Gasteiger partial charge in [-0.2, -0.15) is 13.2 Å². The summed E-state index contributed by atoms with van der Waals surface area (Å²) < 4.78 is 37.7. The number of nitrogens with zero attached hydrogens (tertiary/aromatic N) is 2. The van der Waals surface area contributed by atoms with Gasteiger partial charge in [-0.25, -0.2) is 0 Å². The second-order valence-corrected chi connectivity index (χ2v) is 4.61. The number of rotatable bonds is 3. The molecule has 0 spiro atoms. The molecule has 0 fully saturated rings. The topological polar surface area (TPSA) is 33.2 Å². The van der Waals surface area contributed by atoms with Gasteiger partial charge in [0.2, 0.25) is 5.91 Å². The lowest BCUT2D eigenvalue weighted by Crippen LogP contribution is -2.23. The molecule has 114 valence electrons. The molecule has 0 N–H and O–H groups in total. The van der Waals surface area contributed by atoms with Crippen LogP contribution in [0.15, 0.2) is 55.4 Å². The Balaban J connectivity index is 2.34. The number of likely N-dealkylation sites (N-methyl/N-ethyl adjacent to an activating group) is 1. The molecule has 1 aromatic heterocycles. The smallest absolute Gasteiger partial charge is 0.310 e. The second kappa shape index (κ2) is 6.01. The van der Waals surface area contributed by atoms with E-state index in [4.69, 9.17) is 0 Å². The number of carbonyl (C=O) groups is 1. The van der Waals surface area contributed by atoms with Gasteiger partial charge >= 0.3 is 6.18 Å². The molecule has 0 saturated heterocycles. The third-order valence-corrected chi connectivity index (χ3v) is 3.16. The molecule has 3 nitrogen and oxygen atoms in total. The highest BCUT2D eigenvalue weighted by atomic mass is 19.4. The van der Waals surface area contributed by atoms with Crippen molar-refractivity contribution in [1.29, 1.82) is 0 Å². The molecule has 0 radical (unpaired) electrons. The van der Waals surface area contributed by atoms with E-state index in [1.54, 1.807) is 13.1 Å². The maximum Gasteiger partial charge on any atom is 0.416 e. The summed E-state index contributed by atoms with van der Waals surface area (Å²) in [6.45, 7) is 3.40. The Morgan fingerprint density at radius 2 is 1.82 bits per heavy atom. The maximum absolute atomic E-state index is 12.6. The summed E-state index contributed by atoms with van der Waals surface area (Å²) in [7, 11) is 1.57. The van der Waals surface area contributed by atoms with E-state index in [1.165, 1.54) is 35.5 Å². The van der Waals surface area contributed by atoms with E-state index in [0.717, 1.165) is 12.1 Å². The molecule has 2 aromatic rings. The minimum absolute atomic E-state index is 0.300. The van der Waals surface area contributed by atoms with Crippen LogP contribution in [0.1, 0.15) is 5.56 Å². The van der Waals surface area contributed by atoms with Crippen molar-refractivity contribution in [3.63, 3.8) is 0 Å². The molecule has 0 saturated carbocycles. The minimum atomic E-state index is -4.37. The Hall–Kier alpha value is -2.63. The van der Waals surface area contributed by atoms with E-state index in [2.05, 4.69) is 11.6 Å². The van der Waals surface area contributed by atoms with E-state index in [9.17, 15) is 18.0 Å². The van der Waals surface area contributed by atoms with E-state index >= 15 is 0 Å². The Morgan fingerprint density at radius 3 is 2.36 bits per heavy atom. The molecule has 0 aliphatic carbocycles. The zero-order chi connectivity index (χ0) is 16.3. The number of benzene rings is 1. The summed E-state index contributed by atoms with van der Waals surface area (Å²) in [6, 6.07) is 6.45. The van der Waals surface area contributed by atoms with Crippen molar-refractivity contribution in [1.82, 2.24) is 4.98 Å². The van der Waals surface area contributed by atoms with Crippen molar-refractivity contribution in [2.75, 3.05) is 11.9 Å². The monoisotopic (exact) mass is 306 g/mol. The van der Waals surface area contributed by atoms with Crippen molar-refractivity contribution < 1.29 is 18.0 Å². The van der Waals surface area contributed by atoms with Gasteiger partial charge < -0.3 is 4.90 Å². The molecule has 0 aliphatic heterocycles. The first kappa shape index (κ1) is 15.8. The van der Waals surface area contributed by atoms with Crippen LogP contribution in [0.5, 0.6) is 0 Å². The summed E-state index contributed by atoms with van der Waals surface area (Å²) in [5.41, 5.74) is 1.03. The molecule has 0 unspecified atom stereocenters. The summed E-state index contributed by atoms with van der Waals surface area (Å²) in [6.07, 6.45) is -0.173. The molecule has 0 bridgehead atoms. The van der Waals surface area contributed by atoms with Crippen LogP contribution in [0.25, 0.3) is 11.1 Å². The van der Waals surface area contributed by atoms with Crippen molar-refractivity contribution in [3.8, 4) is 11.1 Å². The van der Waals surface area contributed by atoms with Crippen LogP contribution < -0.4 is 4.90 Å². The van der Waals surface area contributed by atoms with Crippen LogP contribution >= 0.6 is 0 Å². The molecule has 2 rings (SSSR count). The first-order valence-electron chi connectivity index (χ1n) is 6.35. The Kier molecular flexibility index (Phi) is 4.30. The van der Waals surface area contributed by atoms with Gasteiger partial charge in [-0.1, -0.05) is 18.7 Å². The largest absolute Gasteiger partial charge is 0.416 e. The SMILES string of the molecule is C=CC(=O)N(C)c1cncc(-c2ccc(C(F)(F)F)cc2)c1. The van der Waals surface area contributed by atoms with Crippen molar-refractivity contribution in [3.05, 3.63) is 60.9 Å². The maximum atomic E-state index is 12.6. The lowest BCUT2D eigenvalue weighted by Gasteiger charge is -2.15. The fraction of sp³-hybridized carbons (Fsp3) is 0.125. The molecule has 0 aliphatic rings. The highest BCUT2D eigenvalue weighted by molar-refractivity contribution is 6.00. The first-order valence-corrected chi connectivity index (χ1v) is 6.35. The van der Waals surface area contributed by atoms with Gasteiger partial charge in [-0.3, -0.25) is 9.78 Å². The number of amides is 1.